The Morgan fingerprint density at radius 3 is 2.76 bits per heavy atom. The molecule has 17 heavy (non-hydrogen) atoms. The molecule has 3 nitrogen and oxygen atoms in total. The summed E-state index contributed by atoms with van der Waals surface area (Å²) in [5.74, 6) is 1.02. The number of benzene rings is 1. The summed E-state index contributed by atoms with van der Waals surface area (Å²) in [4.78, 5) is 11.4. The number of rotatable bonds is 3. The van der Waals surface area contributed by atoms with Crippen molar-refractivity contribution in [1.29, 1.82) is 0 Å². The molecule has 0 saturated heterocycles. The highest BCUT2D eigenvalue weighted by molar-refractivity contribution is 5.83. The lowest BCUT2D eigenvalue weighted by Crippen LogP contribution is -2.07. The van der Waals surface area contributed by atoms with Gasteiger partial charge in [-0.15, -0.1) is 0 Å². The molecule has 0 spiro atoms. The van der Waals surface area contributed by atoms with Crippen LogP contribution in [-0.4, -0.2) is 6.61 Å². The van der Waals surface area contributed by atoms with E-state index in [2.05, 4.69) is 13.8 Å². The van der Waals surface area contributed by atoms with Gasteiger partial charge in [0.25, 0.3) is 0 Å². The van der Waals surface area contributed by atoms with Crippen molar-refractivity contribution in [1.82, 2.24) is 0 Å². The Balaban J connectivity index is 2.51. The van der Waals surface area contributed by atoms with E-state index in [4.69, 9.17) is 9.15 Å². The van der Waals surface area contributed by atoms with E-state index < -0.39 is 0 Å². The lowest BCUT2D eigenvalue weighted by atomic mass is 10.1. The molecule has 0 atom stereocenters. The van der Waals surface area contributed by atoms with E-state index in [1.807, 2.05) is 19.1 Å². The second-order valence-electron chi connectivity index (χ2n) is 4.63. The molecule has 0 aliphatic rings. The summed E-state index contributed by atoms with van der Waals surface area (Å²) in [6.45, 7) is 6.72. The molecule has 2 aromatic rings. The summed E-state index contributed by atoms with van der Waals surface area (Å²) in [6.07, 6.45) is 0. The SMILES string of the molecule is Cc1ccc2oc(=O)cc(OCC(C)C)c2c1. The first-order chi connectivity index (χ1) is 8.06. The van der Waals surface area contributed by atoms with Gasteiger partial charge in [-0.1, -0.05) is 25.5 Å². The van der Waals surface area contributed by atoms with Crippen LogP contribution >= 0.6 is 0 Å². The van der Waals surface area contributed by atoms with Crippen LogP contribution in [0.3, 0.4) is 0 Å². The summed E-state index contributed by atoms with van der Waals surface area (Å²) in [5.41, 5.74) is 1.31. The van der Waals surface area contributed by atoms with Crippen molar-refractivity contribution in [2.75, 3.05) is 6.61 Å². The number of hydrogen-bond acceptors (Lipinski definition) is 3. The van der Waals surface area contributed by atoms with Crippen LogP contribution in [0, 0.1) is 12.8 Å². The number of aryl methyl sites for hydroxylation is 1. The number of fused-ring (bicyclic) bond motifs is 1. The molecule has 0 bridgehead atoms. The maximum Gasteiger partial charge on any atom is 0.339 e. The van der Waals surface area contributed by atoms with Crippen LogP contribution in [0.5, 0.6) is 5.75 Å². The average molecular weight is 232 g/mol. The first kappa shape index (κ1) is 11.7. The van der Waals surface area contributed by atoms with Crippen LogP contribution in [0.4, 0.5) is 0 Å². The smallest absolute Gasteiger partial charge is 0.339 e. The fourth-order valence-electron chi connectivity index (χ4n) is 1.62. The molecule has 0 aliphatic heterocycles. The van der Waals surface area contributed by atoms with Crippen molar-refractivity contribution in [3.8, 4) is 5.75 Å². The van der Waals surface area contributed by atoms with Gasteiger partial charge in [-0.2, -0.15) is 0 Å². The van der Waals surface area contributed by atoms with Crippen LogP contribution in [0.15, 0.2) is 33.5 Å². The lowest BCUT2D eigenvalue weighted by Gasteiger charge is -2.10. The van der Waals surface area contributed by atoms with E-state index in [-0.39, 0.29) is 5.63 Å². The topological polar surface area (TPSA) is 39.4 Å². The van der Waals surface area contributed by atoms with Crippen molar-refractivity contribution < 1.29 is 9.15 Å². The van der Waals surface area contributed by atoms with Crippen molar-refractivity contribution in [3.63, 3.8) is 0 Å². The molecule has 0 fully saturated rings. The van der Waals surface area contributed by atoms with Gasteiger partial charge in [0.15, 0.2) is 0 Å². The minimum Gasteiger partial charge on any atom is -0.492 e. The van der Waals surface area contributed by atoms with Gasteiger partial charge in [-0.05, 0) is 25.0 Å². The Labute approximate surface area is 100 Å². The molecule has 1 aromatic carbocycles. The lowest BCUT2D eigenvalue weighted by molar-refractivity contribution is 0.272. The maximum atomic E-state index is 11.4. The second-order valence-corrected chi connectivity index (χ2v) is 4.63. The van der Waals surface area contributed by atoms with Gasteiger partial charge in [0.05, 0.1) is 18.1 Å². The Morgan fingerprint density at radius 2 is 2.06 bits per heavy atom. The molecule has 1 heterocycles. The van der Waals surface area contributed by atoms with E-state index in [0.717, 1.165) is 10.9 Å². The Morgan fingerprint density at radius 1 is 1.29 bits per heavy atom. The van der Waals surface area contributed by atoms with Crippen molar-refractivity contribution in [3.05, 3.63) is 40.2 Å². The standard InChI is InChI=1S/C14H16O3/c1-9(2)8-16-13-7-14(15)17-12-5-4-10(3)6-11(12)13/h4-7,9H,8H2,1-3H3. The van der Waals surface area contributed by atoms with E-state index >= 15 is 0 Å². The highest BCUT2D eigenvalue weighted by atomic mass is 16.5. The van der Waals surface area contributed by atoms with Gasteiger partial charge in [-0.3, -0.25) is 0 Å². The van der Waals surface area contributed by atoms with Crippen LogP contribution < -0.4 is 10.4 Å². The van der Waals surface area contributed by atoms with E-state index in [1.54, 1.807) is 6.07 Å². The van der Waals surface area contributed by atoms with E-state index in [9.17, 15) is 4.79 Å². The predicted molar refractivity (Wildman–Crippen MR) is 67.6 cm³/mol. The maximum absolute atomic E-state index is 11.4. The highest BCUT2D eigenvalue weighted by Gasteiger charge is 2.07. The largest absolute Gasteiger partial charge is 0.492 e. The van der Waals surface area contributed by atoms with Gasteiger partial charge in [-0.25, -0.2) is 4.79 Å². The minimum atomic E-state index is -0.375. The quantitative estimate of drug-likeness (QED) is 0.763. The Bertz CT molecular complexity index is 582. The Hall–Kier alpha value is -1.77. The first-order valence-electron chi connectivity index (χ1n) is 5.73. The summed E-state index contributed by atoms with van der Waals surface area (Å²) in [6, 6.07) is 7.09. The number of ether oxygens (including phenoxy) is 1. The summed E-state index contributed by atoms with van der Waals surface area (Å²) in [7, 11) is 0. The van der Waals surface area contributed by atoms with E-state index in [1.165, 1.54) is 6.07 Å². The van der Waals surface area contributed by atoms with Crippen molar-refractivity contribution in [2.45, 2.75) is 20.8 Å². The normalized spacial score (nSPS) is 11.1. The van der Waals surface area contributed by atoms with Gasteiger partial charge < -0.3 is 9.15 Å². The third-order valence-corrected chi connectivity index (χ3v) is 2.43. The Kier molecular flexibility index (Phi) is 3.18. The van der Waals surface area contributed by atoms with Crippen LogP contribution in [0.1, 0.15) is 19.4 Å². The van der Waals surface area contributed by atoms with Crippen molar-refractivity contribution >= 4 is 11.0 Å². The average Bonchev–Trinajstić information content (AvgIpc) is 2.26. The fraction of sp³-hybridized carbons (Fsp3) is 0.357. The molecule has 1 aromatic heterocycles. The summed E-state index contributed by atoms with van der Waals surface area (Å²) in [5, 5.41) is 0.852. The fourth-order valence-corrected chi connectivity index (χ4v) is 1.62. The molecule has 0 amide bonds. The molecule has 0 unspecified atom stereocenters. The molecule has 0 N–H and O–H groups in total. The molecule has 90 valence electrons. The molecular formula is C14H16O3. The monoisotopic (exact) mass is 232 g/mol. The molecule has 0 radical (unpaired) electrons. The minimum absolute atomic E-state index is 0.375. The summed E-state index contributed by atoms with van der Waals surface area (Å²) >= 11 is 0. The molecular weight excluding hydrogens is 216 g/mol. The zero-order valence-electron chi connectivity index (χ0n) is 10.3. The van der Waals surface area contributed by atoms with Crippen LogP contribution in [-0.2, 0) is 0 Å². The zero-order valence-corrected chi connectivity index (χ0v) is 10.3. The predicted octanol–water partition coefficient (Wildman–Crippen LogP) is 3.14. The number of hydrogen-bond donors (Lipinski definition) is 0. The van der Waals surface area contributed by atoms with Gasteiger partial charge in [0.1, 0.15) is 11.3 Å². The third kappa shape index (κ3) is 2.67. The second kappa shape index (κ2) is 4.62. The molecule has 0 aliphatic carbocycles. The summed E-state index contributed by atoms with van der Waals surface area (Å²) < 4.78 is 10.8. The molecule has 0 saturated carbocycles. The van der Waals surface area contributed by atoms with Crippen LogP contribution in [0.25, 0.3) is 11.0 Å². The first-order valence-corrected chi connectivity index (χ1v) is 5.73. The highest BCUT2D eigenvalue weighted by Crippen LogP contribution is 2.25. The van der Waals surface area contributed by atoms with Crippen molar-refractivity contribution in [2.24, 2.45) is 5.92 Å². The molecule has 2 rings (SSSR count). The third-order valence-electron chi connectivity index (χ3n) is 2.43. The van der Waals surface area contributed by atoms with Gasteiger partial charge in [0.2, 0.25) is 0 Å². The van der Waals surface area contributed by atoms with Gasteiger partial charge in [0, 0.05) is 0 Å². The molecule has 3 heteroatoms. The zero-order chi connectivity index (χ0) is 12.4. The van der Waals surface area contributed by atoms with Gasteiger partial charge >= 0.3 is 5.63 Å². The van der Waals surface area contributed by atoms with E-state index in [0.29, 0.717) is 23.9 Å². The van der Waals surface area contributed by atoms with Crippen LogP contribution in [0.2, 0.25) is 0 Å².